The lowest BCUT2D eigenvalue weighted by Crippen LogP contribution is -2.34. The number of nitrogens with zero attached hydrogens (tertiary/aromatic N) is 1. The zero-order chi connectivity index (χ0) is 11.0. The molecule has 0 aliphatic carbocycles. The van der Waals surface area contributed by atoms with Crippen molar-refractivity contribution in [1.29, 1.82) is 0 Å². The molecule has 0 atom stereocenters. The Morgan fingerprint density at radius 1 is 1.50 bits per heavy atom. The predicted octanol–water partition coefficient (Wildman–Crippen LogP) is 1.84. The first kappa shape index (κ1) is 13.2. The van der Waals surface area contributed by atoms with Crippen molar-refractivity contribution in [3.8, 4) is 0 Å². The maximum absolute atomic E-state index is 11.0. The number of likely N-dealkylation sites (N-methyl/N-ethyl adjacent to an activating group) is 1. The van der Waals surface area contributed by atoms with Gasteiger partial charge in [-0.3, -0.25) is 4.90 Å². The molecule has 3 heteroatoms. The molecular weight excluding hydrogens is 178 g/mol. The molecule has 0 aliphatic heterocycles. The van der Waals surface area contributed by atoms with Gasteiger partial charge in [0.05, 0.1) is 0 Å². The van der Waals surface area contributed by atoms with E-state index in [0.29, 0.717) is 12.6 Å². The van der Waals surface area contributed by atoms with E-state index in [2.05, 4.69) is 25.7 Å². The molecule has 82 valence electrons. The van der Waals surface area contributed by atoms with Gasteiger partial charge in [0.15, 0.2) is 0 Å². The van der Waals surface area contributed by atoms with Crippen molar-refractivity contribution in [3.05, 3.63) is 12.2 Å². The Hall–Kier alpha value is -0.830. The zero-order valence-electron chi connectivity index (χ0n) is 9.62. The fraction of sp³-hybridized carbons (Fsp3) is 0.727. The number of rotatable bonds is 6. The highest BCUT2D eigenvalue weighted by Crippen LogP contribution is 1.96. The lowest BCUT2D eigenvalue weighted by molar-refractivity contribution is -0.138. The second-order valence-corrected chi connectivity index (χ2v) is 3.39. The van der Waals surface area contributed by atoms with Crippen molar-refractivity contribution in [2.24, 2.45) is 0 Å². The molecule has 0 unspecified atom stereocenters. The van der Waals surface area contributed by atoms with Gasteiger partial charge in [-0.1, -0.05) is 13.0 Å². The summed E-state index contributed by atoms with van der Waals surface area (Å²) in [5.74, 6) is -0.257. The smallest absolute Gasteiger partial charge is 0.330 e. The third-order valence-corrected chi connectivity index (χ3v) is 2.06. The van der Waals surface area contributed by atoms with Crippen LogP contribution in [-0.4, -0.2) is 36.6 Å². The Balaban J connectivity index is 3.66. The lowest BCUT2D eigenvalue weighted by Gasteiger charge is -2.24. The summed E-state index contributed by atoms with van der Waals surface area (Å²) in [6, 6.07) is 0.500. The number of esters is 1. The Bertz CT molecular complexity index is 188. The minimum absolute atomic E-state index is 0.257. The predicted molar refractivity (Wildman–Crippen MR) is 58.2 cm³/mol. The first-order chi connectivity index (χ1) is 6.61. The second-order valence-electron chi connectivity index (χ2n) is 3.39. The van der Waals surface area contributed by atoms with Crippen LogP contribution in [0.1, 0.15) is 27.7 Å². The van der Waals surface area contributed by atoms with Crippen molar-refractivity contribution in [3.63, 3.8) is 0 Å². The Kier molecular flexibility index (Phi) is 7.11. The van der Waals surface area contributed by atoms with Gasteiger partial charge in [-0.2, -0.15) is 0 Å². The fourth-order valence-electron chi connectivity index (χ4n) is 1.23. The van der Waals surface area contributed by atoms with E-state index in [4.69, 9.17) is 4.74 Å². The topological polar surface area (TPSA) is 29.5 Å². The summed E-state index contributed by atoms with van der Waals surface area (Å²) in [5, 5.41) is 0. The van der Waals surface area contributed by atoms with Gasteiger partial charge in [0.2, 0.25) is 0 Å². The van der Waals surface area contributed by atoms with Crippen LogP contribution < -0.4 is 0 Å². The van der Waals surface area contributed by atoms with Gasteiger partial charge in [0.25, 0.3) is 0 Å². The average Bonchev–Trinajstić information content (AvgIpc) is 2.12. The molecule has 0 heterocycles. The van der Waals surface area contributed by atoms with Gasteiger partial charge in [0, 0.05) is 18.7 Å². The number of hydrogen-bond donors (Lipinski definition) is 0. The lowest BCUT2D eigenvalue weighted by atomic mass is 10.3. The van der Waals surface area contributed by atoms with E-state index < -0.39 is 0 Å². The van der Waals surface area contributed by atoms with Crippen molar-refractivity contribution in [2.45, 2.75) is 33.7 Å². The molecule has 0 rings (SSSR count). The number of carbonyl (C=O) groups is 1. The summed E-state index contributed by atoms with van der Waals surface area (Å²) in [7, 11) is 0. The average molecular weight is 199 g/mol. The van der Waals surface area contributed by atoms with E-state index in [1.165, 1.54) is 6.08 Å². The molecule has 0 N–H and O–H groups in total. The first-order valence-corrected chi connectivity index (χ1v) is 5.15. The van der Waals surface area contributed by atoms with Crippen molar-refractivity contribution >= 4 is 5.97 Å². The van der Waals surface area contributed by atoms with Crippen LogP contribution in [0.15, 0.2) is 12.2 Å². The van der Waals surface area contributed by atoms with Gasteiger partial charge in [-0.25, -0.2) is 4.79 Å². The summed E-state index contributed by atoms with van der Waals surface area (Å²) < 4.78 is 5.00. The summed E-state index contributed by atoms with van der Waals surface area (Å²) in [6.07, 6.45) is 3.12. The number of hydrogen-bond acceptors (Lipinski definition) is 3. The molecule has 0 saturated carbocycles. The van der Waals surface area contributed by atoms with E-state index in [9.17, 15) is 4.79 Å². The zero-order valence-corrected chi connectivity index (χ0v) is 9.62. The maximum atomic E-state index is 11.0. The molecular formula is C11H21NO2. The highest BCUT2D eigenvalue weighted by molar-refractivity contribution is 5.81. The molecule has 0 aromatic carbocycles. The van der Waals surface area contributed by atoms with Crippen LogP contribution in [0.2, 0.25) is 0 Å². The molecule has 14 heavy (non-hydrogen) atoms. The van der Waals surface area contributed by atoms with Crippen LogP contribution in [0.25, 0.3) is 0 Å². The first-order valence-electron chi connectivity index (χ1n) is 5.15. The van der Waals surface area contributed by atoms with Crippen LogP contribution in [0, 0.1) is 0 Å². The highest BCUT2D eigenvalue weighted by Gasteiger charge is 2.06. The third-order valence-electron chi connectivity index (χ3n) is 2.06. The van der Waals surface area contributed by atoms with Gasteiger partial charge >= 0.3 is 5.97 Å². The summed E-state index contributed by atoms with van der Waals surface area (Å²) in [5.41, 5.74) is 0. The largest absolute Gasteiger partial charge is 0.461 e. The number of carbonyl (C=O) groups excluding carboxylic acids is 1. The van der Waals surface area contributed by atoms with Gasteiger partial charge in [0.1, 0.15) is 6.61 Å². The summed E-state index contributed by atoms with van der Waals surface area (Å²) in [4.78, 5) is 13.2. The van der Waals surface area contributed by atoms with Crippen LogP contribution in [0.5, 0.6) is 0 Å². The molecule has 0 saturated heterocycles. The number of ether oxygens (including phenoxy) is 1. The Labute approximate surface area is 86.7 Å². The second kappa shape index (κ2) is 7.56. The monoisotopic (exact) mass is 199 g/mol. The standard InChI is InChI=1S/C11H21NO2/c1-5-7-11(13)14-9-8-12(6-2)10(3)4/h5,7,10H,6,8-9H2,1-4H3/b7-5-. The van der Waals surface area contributed by atoms with E-state index in [1.807, 2.05) is 0 Å². The molecule has 0 aromatic heterocycles. The normalized spacial score (nSPS) is 11.6. The van der Waals surface area contributed by atoms with Crippen LogP contribution >= 0.6 is 0 Å². The minimum Gasteiger partial charge on any atom is -0.461 e. The van der Waals surface area contributed by atoms with Gasteiger partial charge < -0.3 is 4.74 Å². The number of allylic oxidation sites excluding steroid dienone is 1. The van der Waals surface area contributed by atoms with Crippen molar-refractivity contribution in [1.82, 2.24) is 4.90 Å². The van der Waals surface area contributed by atoms with Crippen molar-refractivity contribution < 1.29 is 9.53 Å². The highest BCUT2D eigenvalue weighted by atomic mass is 16.5. The summed E-state index contributed by atoms with van der Waals surface area (Å²) >= 11 is 0. The van der Waals surface area contributed by atoms with Crippen LogP contribution in [0.3, 0.4) is 0 Å². The van der Waals surface area contributed by atoms with E-state index in [1.54, 1.807) is 13.0 Å². The molecule has 0 fully saturated rings. The molecule has 0 bridgehead atoms. The Morgan fingerprint density at radius 2 is 2.14 bits per heavy atom. The van der Waals surface area contributed by atoms with E-state index in [0.717, 1.165) is 13.1 Å². The molecule has 3 nitrogen and oxygen atoms in total. The fourth-order valence-corrected chi connectivity index (χ4v) is 1.23. The maximum Gasteiger partial charge on any atom is 0.330 e. The SMILES string of the molecule is C/C=C\C(=O)OCCN(CC)C(C)C. The quantitative estimate of drug-likeness (QED) is 0.483. The van der Waals surface area contributed by atoms with Gasteiger partial charge in [-0.15, -0.1) is 0 Å². The third kappa shape index (κ3) is 5.75. The van der Waals surface area contributed by atoms with E-state index >= 15 is 0 Å². The molecule has 0 radical (unpaired) electrons. The molecule has 0 amide bonds. The molecule has 0 aliphatic rings. The van der Waals surface area contributed by atoms with Crippen molar-refractivity contribution in [2.75, 3.05) is 19.7 Å². The van der Waals surface area contributed by atoms with Crippen LogP contribution in [0.4, 0.5) is 0 Å². The van der Waals surface area contributed by atoms with Crippen LogP contribution in [-0.2, 0) is 9.53 Å². The Morgan fingerprint density at radius 3 is 2.57 bits per heavy atom. The minimum atomic E-state index is -0.257. The molecule has 0 aromatic rings. The molecule has 0 spiro atoms. The van der Waals surface area contributed by atoms with E-state index in [-0.39, 0.29) is 5.97 Å². The van der Waals surface area contributed by atoms with Gasteiger partial charge in [-0.05, 0) is 27.3 Å². The summed E-state index contributed by atoms with van der Waals surface area (Å²) in [6.45, 7) is 10.4.